The summed E-state index contributed by atoms with van der Waals surface area (Å²) in [5.74, 6) is -0.890. The van der Waals surface area contributed by atoms with Crippen molar-refractivity contribution in [2.24, 2.45) is 5.73 Å². The zero-order valence-electron chi connectivity index (χ0n) is 12.9. The van der Waals surface area contributed by atoms with E-state index >= 15 is 0 Å². The number of benzene rings is 2. The number of nitrogens with two attached hydrogens (primary N) is 1. The van der Waals surface area contributed by atoms with Crippen LogP contribution in [0.1, 0.15) is 27.6 Å². The van der Waals surface area contributed by atoms with Gasteiger partial charge in [0.15, 0.2) is 0 Å². The Bertz CT molecular complexity index is 737. The molecule has 0 atom stereocenters. The van der Waals surface area contributed by atoms with Gasteiger partial charge in [-0.25, -0.2) is 0 Å². The van der Waals surface area contributed by atoms with E-state index in [0.717, 1.165) is 0 Å². The molecule has 2 rings (SSSR count). The molecule has 23 heavy (non-hydrogen) atoms. The average Bonchev–Trinajstić information content (AvgIpc) is 2.54. The largest absolute Gasteiger partial charge is 0.366 e. The van der Waals surface area contributed by atoms with Crippen LogP contribution in [0.25, 0.3) is 0 Å². The van der Waals surface area contributed by atoms with Crippen LogP contribution in [-0.4, -0.2) is 24.8 Å². The highest BCUT2D eigenvalue weighted by atomic mass is 16.2. The molecule has 3 amide bonds. The first kappa shape index (κ1) is 16.2. The summed E-state index contributed by atoms with van der Waals surface area (Å²) in [4.78, 5) is 35.9. The first-order valence-corrected chi connectivity index (χ1v) is 6.94. The minimum atomic E-state index is -0.520. The molecule has 0 saturated heterocycles. The summed E-state index contributed by atoms with van der Waals surface area (Å²) in [6.07, 6.45) is 0. The monoisotopic (exact) mass is 311 g/mol. The van der Waals surface area contributed by atoms with Crippen molar-refractivity contribution in [3.05, 3.63) is 59.7 Å². The van der Waals surface area contributed by atoms with E-state index in [2.05, 4.69) is 5.32 Å². The van der Waals surface area contributed by atoms with E-state index in [1.165, 1.54) is 11.8 Å². The lowest BCUT2D eigenvalue weighted by molar-refractivity contribution is -0.116. The molecule has 2 aromatic rings. The van der Waals surface area contributed by atoms with Crippen LogP contribution in [0.3, 0.4) is 0 Å². The maximum Gasteiger partial charge on any atom is 0.255 e. The van der Waals surface area contributed by atoms with Gasteiger partial charge >= 0.3 is 0 Å². The highest BCUT2D eigenvalue weighted by Gasteiger charge is 2.09. The quantitative estimate of drug-likeness (QED) is 0.904. The number of hydrogen-bond acceptors (Lipinski definition) is 3. The van der Waals surface area contributed by atoms with Crippen molar-refractivity contribution in [2.45, 2.75) is 6.92 Å². The van der Waals surface area contributed by atoms with Crippen LogP contribution in [0, 0.1) is 0 Å². The number of carbonyl (C=O) groups is 3. The first-order valence-electron chi connectivity index (χ1n) is 6.94. The Labute approximate surface area is 133 Å². The van der Waals surface area contributed by atoms with Crippen LogP contribution in [0.5, 0.6) is 0 Å². The number of nitrogens with zero attached hydrogens (tertiary/aromatic N) is 1. The van der Waals surface area contributed by atoms with Gasteiger partial charge in [-0.2, -0.15) is 0 Å². The fourth-order valence-electron chi connectivity index (χ4n) is 1.94. The third kappa shape index (κ3) is 3.94. The van der Waals surface area contributed by atoms with Crippen molar-refractivity contribution in [1.82, 2.24) is 0 Å². The van der Waals surface area contributed by atoms with Crippen molar-refractivity contribution < 1.29 is 14.4 Å². The van der Waals surface area contributed by atoms with Gasteiger partial charge < -0.3 is 16.0 Å². The smallest absolute Gasteiger partial charge is 0.255 e. The standard InChI is InChI=1S/C17H17N3O3/c1-11(21)20(2)15-9-5-13(6-10-15)17(23)19-14-7-3-12(4-8-14)16(18)22/h3-10H,1-2H3,(H2,18,22)(H,19,23). The van der Waals surface area contributed by atoms with Gasteiger partial charge in [-0.15, -0.1) is 0 Å². The van der Waals surface area contributed by atoms with Gasteiger partial charge in [0.05, 0.1) is 0 Å². The highest BCUT2D eigenvalue weighted by Crippen LogP contribution is 2.16. The SMILES string of the molecule is CC(=O)N(C)c1ccc(C(=O)Nc2ccc(C(N)=O)cc2)cc1. The Morgan fingerprint density at radius 2 is 1.43 bits per heavy atom. The lowest BCUT2D eigenvalue weighted by Gasteiger charge is -2.15. The molecule has 6 nitrogen and oxygen atoms in total. The first-order chi connectivity index (χ1) is 10.9. The van der Waals surface area contributed by atoms with Crippen molar-refractivity contribution in [3.63, 3.8) is 0 Å². The van der Waals surface area contributed by atoms with Gasteiger partial charge in [0.2, 0.25) is 11.8 Å². The molecule has 0 aromatic heterocycles. The zero-order chi connectivity index (χ0) is 17.0. The molecule has 6 heteroatoms. The second-order valence-corrected chi connectivity index (χ2v) is 5.02. The second-order valence-electron chi connectivity index (χ2n) is 5.02. The predicted molar refractivity (Wildman–Crippen MR) is 88.4 cm³/mol. The second kappa shape index (κ2) is 6.74. The van der Waals surface area contributed by atoms with Crippen molar-refractivity contribution in [3.8, 4) is 0 Å². The van der Waals surface area contributed by atoms with E-state index in [1.54, 1.807) is 55.6 Å². The van der Waals surface area contributed by atoms with Gasteiger partial charge in [-0.3, -0.25) is 14.4 Å². The van der Waals surface area contributed by atoms with Crippen LogP contribution < -0.4 is 16.0 Å². The summed E-state index contributed by atoms with van der Waals surface area (Å²) >= 11 is 0. The fraction of sp³-hybridized carbons (Fsp3) is 0.118. The molecule has 2 aromatic carbocycles. The molecule has 0 spiro atoms. The summed E-state index contributed by atoms with van der Waals surface area (Å²) in [5, 5.41) is 2.72. The molecule has 0 aliphatic heterocycles. The number of carbonyl (C=O) groups excluding carboxylic acids is 3. The number of rotatable bonds is 4. The maximum absolute atomic E-state index is 12.2. The minimum absolute atomic E-state index is 0.0863. The van der Waals surface area contributed by atoms with Crippen LogP contribution in [0.4, 0.5) is 11.4 Å². The Morgan fingerprint density at radius 1 is 0.913 bits per heavy atom. The summed E-state index contributed by atoms with van der Waals surface area (Å²) < 4.78 is 0. The number of anilines is 2. The molecule has 0 unspecified atom stereocenters. The van der Waals surface area contributed by atoms with E-state index in [-0.39, 0.29) is 11.8 Å². The third-order valence-electron chi connectivity index (χ3n) is 3.42. The number of amides is 3. The Kier molecular flexibility index (Phi) is 4.75. The van der Waals surface area contributed by atoms with E-state index < -0.39 is 5.91 Å². The zero-order valence-corrected chi connectivity index (χ0v) is 12.9. The Balaban J connectivity index is 2.08. The number of nitrogens with one attached hydrogen (secondary N) is 1. The predicted octanol–water partition coefficient (Wildman–Crippen LogP) is 2.02. The van der Waals surface area contributed by atoms with Crippen LogP contribution in [0.15, 0.2) is 48.5 Å². The molecule has 0 saturated carbocycles. The Hall–Kier alpha value is -3.15. The Morgan fingerprint density at radius 3 is 1.91 bits per heavy atom. The van der Waals surface area contributed by atoms with Gasteiger partial charge in [0.25, 0.3) is 5.91 Å². The van der Waals surface area contributed by atoms with E-state index in [0.29, 0.717) is 22.5 Å². The fourth-order valence-corrected chi connectivity index (χ4v) is 1.94. The van der Waals surface area contributed by atoms with Gasteiger partial charge in [-0.1, -0.05) is 0 Å². The van der Waals surface area contributed by atoms with Gasteiger partial charge in [-0.05, 0) is 48.5 Å². The van der Waals surface area contributed by atoms with Crippen molar-refractivity contribution in [2.75, 3.05) is 17.3 Å². The lowest BCUT2D eigenvalue weighted by atomic mass is 10.1. The molecule has 0 radical (unpaired) electrons. The molecular weight excluding hydrogens is 294 g/mol. The lowest BCUT2D eigenvalue weighted by Crippen LogP contribution is -2.22. The molecule has 0 bridgehead atoms. The molecule has 0 fully saturated rings. The summed E-state index contributed by atoms with van der Waals surface area (Å²) in [7, 11) is 1.66. The van der Waals surface area contributed by atoms with Gasteiger partial charge in [0.1, 0.15) is 0 Å². The van der Waals surface area contributed by atoms with E-state index in [9.17, 15) is 14.4 Å². The summed E-state index contributed by atoms with van der Waals surface area (Å²) in [5.41, 5.74) is 7.27. The van der Waals surface area contributed by atoms with E-state index in [1.807, 2.05) is 0 Å². The third-order valence-corrected chi connectivity index (χ3v) is 3.42. The molecule has 118 valence electrons. The maximum atomic E-state index is 12.2. The summed E-state index contributed by atoms with van der Waals surface area (Å²) in [6, 6.07) is 13.0. The molecule has 3 N–H and O–H groups in total. The molecule has 0 heterocycles. The van der Waals surface area contributed by atoms with Crippen LogP contribution in [0.2, 0.25) is 0 Å². The van der Waals surface area contributed by atoms with Crippen molar-refractivity contribution in [1.29, 1.82) is 0 Å². The minimum Gasteiger partial charge on any atom is -0.366 e. The van der Waals surface area contributed by atoms with E-state index in [4.69, 9.17) is 5.73 Å². The molecule has 0 aliphatic rings. The summed E-state index contributed by atoms with van der Waals surface area (Å²) in [6.45, 7) is 1.47. The number of primary amides is 1. The normalized spacial score (nSPS) is 10.0. The topological polar surface area (TPSA) is 92.5 Å². The van der Waals surface area contributed by atoms with Crippen LogP contribution >= 0.6 is 0 Å². The van der Waals surface area contributed by atoms with Gasteiger partial charge in [0, 0.05) is 36.5 Å². The van der Waals surface area contributed by atoms with Crippen molar-refractivity contribution >= 4 is 29.1 Å². The average molecular weight is 311 g/mol. The number of hydrogen-bond donors (Lipinski definition) is 2. The molecular formula is C17H17N3O3. The molecule has 0 aliphatic carbocycles. The highest BCUT2D eigenvalue weighted by molar-refractivity contribution is 6.05. The van der Waals surface area contributed by atoms with Crippen LogP contribution in [-0.2, 0) is 4.79 Å².